The zero-order valence-electron chi connectivity index (χ0n) is 6.84. The van der Waals surface area contributed by atoms with Gasteiger partial charge in [0, 0.05) is 5.92 Å². The minimum atomic E-state index is 0.105. The fourth-order valence-electron chi connectivity index (χ4n) is 1.36. The van der Waals surface area contributed by atoms with Gasteiger partial charge in [-0.3, -0.25) is 4.79 Å². The highest BCUT2D eigenvalue weighted by Crippen LogP contribution is 2.11. The number of Topliss-reactive ketones (excluding diaryl/α,β-unsaturated/α-hetero) is 1. The van der Waals surface area contributed by atoms with Crippen molar-refractivity contribution in [2.24, 2.45) is 5.92 Å². The second-order valence-electron chi connectivity index (χ2n) is 3.13. The van der Waals surface area contributed by atoms with Crippen LogP contribution in [-0.4, -0.2) is 24.1 Å². The molecule has 1 N–H and O–H groups in total. The number of ketones is 1. The number of carbonyl (C=O) groups is 1. The van der Waals surface area contributed by atoms with Crippen molar-refractivity contribution in [2.75, 3.05) is 12.3 Å². The molecule has 0 aromatic carbocycles. The van der Waals surface area contributed by atoms with Crippen LogP contribution in [0.3, 0.4) is 0 Å². The summed E-state index contributed by atoms with van der Waals surface area (Å²) in [5.74, 6) is 1.10. The van der Waals surface area contributed by atoms with Crippen LogP contribution in [0.4, 0.5) is 0 Å². The summed E-state index contributed by atoms with van der Waals surface area (Å²) < 4.78 is 0. The molecular formula is C8H15NOS. The Morgan fingerprint density at radius 3 is 3.00 bits per heavy atom. The first-order valence-electron chi connectivity index (χ1n) is 4.13. The largest absolute Gasteiger partial charge is 0.307 e. The van der Waals surface area contributed by atoms with E-state index < -0.39 is 0 Å². The quantitative estimate of drug-likeness (QED) is 0.620. The first-order chi connectivity index (χ1) is 5.25. The first kappa shape index (κ1) is 9.07. The molecule has 3 heteroatoms. The van der Waals surface area contributed by atoms with E-state index in [1.165, 1.54) is 0 Å². The van der Waals surface area contributed by atoms with E-state index in [-0.39, 0.29) is 12.0 Å². The highest BCUT2D eigenvalue weighted by molar-refractivity contribution is 7.80. The molecule has 1 heterocycles. The summed E-state index contributed by atoms with van der Waals surface area (Å²) in [6, 6.07) is 0.122. The van der Waals surface area contributed by atoms with Crippen LogP contribution in [-0.2, 0) is 4.79 Å². The number of rotatable bonds is 3. The molecule has 0 unspecified atom stereocenters. The highest BCUT2D eigenvalue weighted by atomic mass is 32.1. The molecule has 0 radical (unpaired) electrons. The molecule has 0 amide bonds. The third-order valence-corrected chi connectivity index (χ3v) is 2.71. The Morgan fingerprint density at radius 1 is 1.82 bits per heavy atom. The molecule has 0 spiro atoms. The van der Waals surface area contributed by atoms with Crippen LogP contribution in [0.5, 0.6) is 0 Å². The normalized spacial score (nSPS) is 26.9. The Balaban J connectivity index is 2.39. The molecule has 1 aliphatic rings. The van der Waals surface area contributed by atoms with Crippen molar-refractivity contribution >= 4 is 18.4 Å². The second kappa shape index (κ2) is 4.12. The van der Waals surface area contributed by atoms with Crippen molar-refractivity contribution < 1.29 is 4.79 Å². The van der Waals surface area contributed by atoms with Crippen LogP contribution in [0.25, 0.3) is 0 Å². The average Bonchev–Trinajstić information content (AvgIpc) is 2.53. The molecule has 0 aromatic heterocycles. The lowest BCUT2D eigenvalue weighted by Gasteiger charge is -2.12. The SMILES string of the molecule is C[C@H](CS)C(=O)[C@@H]1CCCN1. The van der Waals surface area contributed by atoms with Gasteiger partial charge in [0.1, 0.15) is 0 Å². The van der Waals surface area contributed by atoms with Gasteiger partial charge in [-0.1, -0.05) is 6.92 Å². The minimum absolute atomic E-state index is 0.105. The van der Waals surface area contributed by atoms with E-state index >= 15 is 0 Å². The van der Waals surface area contributed by atoms with Gasteiger partial charge in [0.2, 0.25) is 0 Å². The Morgan fingerprint density at radius 2 is 2.55 bits per heavy atom. The van der Waals surface area contributed by atoms with Crippen LogP contribution < -0.4 is 5.32 Å². The van der Waals surface area contributed by atoms with Gasteiger partial charge in [-0.25, -0.2) is 0 Å². The number of thiol groups is 1. The Bertz CT molecular complexity index is 143. The summed E-state index contributed by atoms with van der Waals surface area (Å²) in [6.45, 7) is 2.94. The van der Waals surface area contributed by atoms with E-state index in [0.29, 0.717) is 11.5 Å². The fraction of sp³-hybridized carbons (Fsp3) is 0.875. The van der Waals surface area contributed by atoms with Crippen molar-refractivity contribution in [3.05, 3.63) is 0 Å². The van der Waals surface area contributed by atoms with Crippen molar-refractivity contribution in [3.63, 3.8) is 0 Å². The zero-order valence-corrected chi connectivity index (χ0v) is 7.73. The monoisotopic (exact) mass is 173 g/mol. The molecule has 11 heavy (non-hydrogen) atoms. The molecule has 2 nitrogen and oxygen atoms in total. The minimum Gasteiger partial charge on any atom is -0.307 e. The summed E-state index contributed by atoms with van der Waals surface area (Å²) in [6.07, 6.45) is 2.15. The van der Waals surface area contributed by atoms with E-state index in [1.807, 2.05) is 6.92 Å². The van der Waals surface area contributed by atoms with Gasteiger partial charge in [0.05, 0.1) is 6.04 Å². The Hall–Kier alpha value is -0.0200. The maximum absolute atomic E-state index is 11.5. The van der Waals surface area contributed by atoms with E-state index in [0.717, 1.165) is 19.4 Å². The predicted molar refractivity (Wildman–Crippen MR) is 49.0 cm³/mol. The first-order valence-corrected chi connectivity index (χ1v) is 4.77. The van der Waals surface area contributed by atoms with Crippen LogP contribution in [0, 0.1) is 5.92 Å². The standard InChI is InChI=1S/C8H15NOS/c1-6(5-11)8(10)7-3-2-4-9-7/h6-7,9,11H,2-5H2,1H3/t6-,7+/m1/s1. The van der Waals surface area contributed by atoms with Crippen LogP contribution >= 0.6 is 12.6 Å². The molecule has 1 fully saturated rings. The zero-order chi connectivity index (χ0) is 8.27. The van der Waals surface area contributed by atoms with Crippen LogP contribution in [0.2, 0.25) is 0 Å². The van der Waals surface area contributed by atoms with Gasteiger partial charge in [-0.2, -0.15) is 12.6 Å². The lowest BCUT2D eigenvalue weighted by Crippen LogP contribution is -2.35. The molecule has 0 bridgehead atoms. The van der Waals surface area contributed by atoms with Crippen molar-refractivity contribution in [2.45, 2.75) is 25.8 Å². The van der Waals surface area contributed by atoms with Gasteiger partial charge < -0.3 is 5.32 Å². The summed E-state index contributed by atoms with van der Waals surface area (Å²) >= 11 is 4.10. The molecule has 0 aliphatic carbocycles. The van der Waals surface area contributed by atoms with E-state index in [1.54, 1.807) is 0 Å². The molecule has 0 aromatic rings. The average molecular weight is 173 g/mol. The lowest BCUT2D eigenvalue weighted by atomic mass is 10.0. The number of hydrogen-bond donors (Lipinski definition) is 2. The summed E-state index contributed by atoms with van der Waals surface area (Å²) in [5.41, 5.74) is 0. The van der Waals surface area contributed by atoms with Gasteiger partial charge in [-0.15, -0.1) is 0 Å². The topological polar surface area (TPSA) is 29.1 Å². The number of nitrogens with one attached hydrogen (secondary N) is 1. The molecule has 64 valence electrons. The van der Waals surface area contributed by atoms with Gasteiger partial charge in [0.15, 0.2) is 5.78 Å². The van der Waals surface area contributed by atoms with Crippen molar-refractivity contribution in [3.8, 4) is 0 Å². The summed E-state index contributed by atoms with van der Waals surface area (Å²) in [5, 5.41) is 3.19. The third-order valence-electron chi connectivity index (χ3n) is 2.16. The van der Waals surface area contributed by atoms with Crippen molar-refractivity contribution in [1.82, 2.24) is 5.32 Å². The maximum atomic E-state index is 11.5. The van der Waals surface area contributed by atoms with E-state index in [2.05, 4.69) is 17.9 Å². The highest BCUT2D eigenvalue weighted by Gasteiger charge is 2.25. The molecule has 1 rings (SSSR count). The molecule has 2 atom stereocenters. The Labute approximate surface area is 73.2 Å². The molecule has 1 saturated heterocycles. The van der Waals surface area contributed by atoms with E-state index in [9.17, 15) is 4.79 Å². The second-order valence-corrected chi connectivity index (χ2v) is 3.50. The molecule has 0 saturated carbocycles. The van der Waals surface area contributed by atoms with Gasteiger partial charge in [0.25, 0.3) is 0 Å². The smallest absolute Gasteiger partial charge is 0.153 e. The summed E-state index contributed by atoms with van der Waals surface area (Å²) in [4.78, 5) is 11.5. The number of hydrogen-bond acceptors (Lipinski definition) is 3. The summed E-state index contributed by atoms with van der Waals surface area (Å²) in [7, 11) is 0. The van der Waals surface area contributed by atoms with Gasteiger partial charge >= 0.3 is 0 Å². The molecule has 1 aliphatic heterocycles. The fourth-order valence-corrected chi connectivity index (χ4v) is 1.54. The third kappa shape index (κ3) is 2.20. The lowest BCUT2D eigenvalue weighted by molar-refractivity contribution is -0.123. The maximum Gasteiger partial charge on any atom is 0.153 e. The number of carbonyl (C=O) groups excluding carboxylic acids is 1. The van der Waals surface area contributed by atoms with Gasteiger partial charge in [-0.05, 0) is 25.1 Å². The van der Waals surface area contributed by atoms with Crippen LogP contribution in [0.15, 0.2) is 0 Å². The van der Waals surface area contributed by atoms with Crippen LogP contribution in [0.1, 0.15) is 19.8 Å². The molecular weight excluding hydrogens is 158 g/mol. The van der Waals surface area contributed by atoms with Crippen molar-refractivity contribution in [1.29, 1.82) is 0 Å². The Kier molecular flexibility index (Phi) is 3.40. The van der Waals surface area contributed by atoms with E-state index in [4.69, 9.17) is 0 Å². The predicted octanol–water partition coefficient (Wildman–Crippen LogP) is 0.873.